The molecule has 1 fully saturated rings. The molecular weight excluding hydrogens is 390 g/mol. The highest BCUT2D eigenvalue weighted by atomic mass is 19.4. The van der Waals surface area contributed by atoms with Gasteiger partial charge in [-0.05, 0) is 31.2 Å². The van der Waals surface area contributed by atoms with E-state index in [9.17, 15) is 27.2 Å². The molecule has 3 rings (SSSR count). The molecule has 1 aromatic heterocycles. The molecule has 0 spiro atoms. The second kappa shape index (κ2) is 8.75. The number of carbonyl (C=O) groups is 2. The van der Waals surface area contributed by atoms with Crippen LogP contribution in [-0.2, 0) is 17.5 Å². The van der Waals surface area contributed by atoms with Crippen LogP contribution in [0.1, 0.15) is 53.8 Å². The zero-order valence-corrected chi connectivity index (χ0v) is 15.6. The number of aromatic nitrogens is 2. The molecule has 0 bridgehead atoms. The standard InChI is InChI=1S/C20H21F4N3O2/c21-16-4-2-1-3-14(16)12-27(10-9-13-5-7-15(28)8-6-13)19(29)17-11-18(26-25-17)20(22,23)24/h1-4,11,13H,5-10,12H2,(H,25,26). The highest BCUT2D eigenvalue weighted by Gasteiger charge is 2.34. The molecule has 0 unspecified atom stereocenters. The van der Waals surface area contributed by atoms with Gasteiger partial charge in [0.1, 0.15) is 17.3 Å². The number of nitrogens with one attached hydrogen (secondary N) is 1. The minimum atomic E-state index is -4.64. The number of benzene rings is 1. The van der Waals surface area contributed by atoms with Gasteiger partial charge >= 0.3 is 6.18 Å². The fraction of sp³-hybridized carbons (Fsp3) is 0.450. The number of nitrogens with zero attached hydrogens (tertiary/aromatic N) is 2. The first-order valence-electron chi connectivity index (χ1n) is 9.41. The molecule has 1 amide bonds. The Balaban J connectivity index is 1.76. The maximum Gasteiger partial charge on any atom is 0.432 e. The van der Waals surface area contributed by atoms with Crippen LogP contribution >= 0.6 is 0 Å². The van der Waals surface area contributed by atoms with Gasteiger partial charge in [0.25, 0.3) is 5.91 Å². The summed E-state index contributed by atoms with van der Waals surface area (Å²) < 4.78 is 52.5. The minimum Gasteiger partial charge on any atom is -0.333 e. The van der Waals surface area contributed by atoms with E-state index in [1.165, 1.54) is 23.1 Å². The number of aromatic amines is 1. The van der Waals surface area contributed by atoms with Crippen LogP contribution in [-0.4, -0.2) is 33.3 Å². The Hall–Kier alpha value is -2.71. The van der Waals surface area contributed by atoms with E-state index in [0.717, 1.165) is 12.8 Å². The molecule has 1 aliphatic carbocycles. The quantitative estimate of drug-likeness (QED) is 0.719. The van der Waals surface area contributed by atoms with Gasteiger partial charge in [-0.25, -0.2) is 4.39 Å². The monoisotopic (exact) mass is 411 g/mol. The molecule has 156 valence electrons. The second-order valence-electron chi connectivity index (χ2n) is 7.25. The molecule has 1 N–H and O–H groups in total. The molecule has 1 saturated carbocycles. The van der Waals surface area contributed by atoms with Crippen molar-refractivity contribution in [2.24, 2.45) is 5.92 Å². The normalized spacial score (nSPS) is 15.5. The van der Waals surface area contributed by atoms with Crippen molar-refractivity contribution < 1.29 is 27.2 Å². The molecule has 1 aliphatic rings. The molecule has 5 nitrogen and oxygen atoms in total. The summed E-state index contributed by atoms with van der Waals surface area (Å²) >= 11 is 0. The molecule has 0 atom stereocenters. The van der Waals surface area contributed by atoms with Crippen LogP contribution in [0, 0.1) is 11.7 Å². The molecule has 0 radical (unpaired) electrons. The number of Topliss-reactive ketones (excluding diaryl/α,β-unsaturated/α-hetero) is 1. The van der Waals surface area contributed by atoms with E-state index >= 15 is 0 Å². The fourth-order valence-corrected chi connectivity index (χ4v) is 3.45. The largest absolute Gasteiger partial charge is 0.432 e. The summed E-state index contributed by atoms with van der Waals surface area (Å²) in [4.78, 5) is 25.5. The molecule has 2 aromatic rings. The van der Waals surface area contributed by atoms with E-state index in [1.54, 1.807) is 6.07 Å². The van der Waals surface area contributed by atoms with E-state index in [-0.39, 0.29) is 36.0 Å². The van der Waals surface area contributed by atoms with Gasteiger partial charge in [-0.3, -0.25) is 14.7 Å². The summed E-state index contributed by atoms with van der Waals surface area (Å²) in [5.41, 5.74) is -1.21. The Morgan fingerprint density at radius 3 is 2.52 bits per heavy atom. The molecule has 0 saturated heterocycles. The van der Waals surface area contributed by atoms with Crippen molar-refractivity contribution in [3.8, 4) is 0 Å². The molecule has 0 aliphatic heterocycles. The van der Waals surface area contributed by atoms with Crippen molar-refractivity contribution in [1.29, 1.82) is 0 Å². The van der Waals surface area contributed by atoms with Crippen LogP contribution in [0.4, 0.5) is 17.6 Å². The van der Waals surface area contributed by atoms with Gasteiger partial charge in [0.15, 0.2) is 5.69 Å². The summed E-state index contributed by atoms with van der Waals surface area (Å²) in [5.74, 6) is -0.733. The first-order valence-corrected chi connectivity index (χ1v) is 9.41. The summed E-state index contributed by atoms with van der Waals surface area (Å²) in [6, 6.07) is 6.61. The number of ketones is 1. The van der Waals surface area contributed by atoms with Crippen molar-refractivity contribution in [3.63, 3.8) is 0 Å². The summed E-state index contributed by atoms with van der Waals surface area (Å²) in [7, 11) is 0. The second-order valence-corrected chi connectivity index (χ2v) is 7.25. The van der Waals surface area contributed by atoms with E-state index in [2.05, 4.69) is 5.10 Å². The SMILES string of the molecule is O=C1CCC(CCN(Cc2ccccc2F)C(=O)c2cc(C(F)(F)F)[nH]n2)CC1. The third-order valence-electron chi connectivity index (χ3n) is 5.18. The number of halogens is 4. The molecular formula is C20H21F4N3O2. The predicted molar refractivity (Wildman–Crippen MR) is 96.3 cm³/mol. The lowest BCUT2D eigenvalue weighted by atomic mass is 9.86. The summed E-state index contributed by atoms with van der Waals surface area (Å²) in [5, 5.41) is 5.33. The number of hydrogen-bond donors (Lipinski definition) is 1. The lowest BCUT2D eigenvalue weighted by Crippen LogP contribution is -2.33. The lowest BCUT2D eigenvalue weighted by molar-refractivity contribution is -0.141. The number of alkyl halides is 3. The fourth-order valence-electron chi connectivity index (χ4n) is 3.45. The molecule has 1 heterocycles. The van der Waals surface area contributed by atoms with E-state index < -0.39 is 23.6 Å². The maximum atomic E-state index is 14.1. The molecule has 29 heavy (non-hydrogen) atoms. The highest BCUT2D eigenvalue weighted by molar-refractivity contribution is 5.92. The Morgan fingerprint density at radius 2 is 1.90 bits per heavy atom. The number of hydrogen-bond acceptors (Lipinski definition) is 3. The van der Waals surface area contributed by atoms with Gasteiger partial charge in [0.05, 0.1) is 0 Å². The van der Waals surface area contributed by atoms with E-state index in [0.29, 0.717) is 25.3 Å². The minimum absolute atomic E-state index is 0.0780. The first kappa shape index (κ1) is 21.0. The van der Waals surface area contributed by atoms with Gasteiger partial charge in [-0.15, -0.1) is 0 Å². The van der Waals surface area contributed by atoms with Gasteiger partial charge in [0.2, 0.25) is 0 Å². The van der Waals surface area contributed by atoms with Crippen LogP contribution in [0.2, 0.25) is 0 Å². The van der Waals surface area contributed by atoms with Gasteiger partial charge in [0, 0.05) is 37.6 Å². The van der Waals surface area contributed by atoms with Gasteiger partial charge < -0.3 is 4.90 Å². The summed E-state index contributed by atoms with van der Waals surface area (Å²) in [6.07, 6.45) is -1.61. The molecule has 1 aromatic carbocycles. The lowest BCUT2D eigenvalue weighted by Gasteiger charge is -2.26. The zero-order valence-electron chi connectivity index (χ0n) is 15.6. The van der Waals surface area contributed by atoms with Crippen molar-refractivity contribution in [2.45, 2.75) is 44.8 Å². The number of amides is 1. The third-order valence-corrected chi connectivity index (χ3v) is 5.18. The molecule has 9 heteroatoms. The number of rotatable bonds is 6. The van der Waals surface area contributed by atoms with Crippen molar-refractivity contribution in [1.82, 2.24) is 15.1 Å². The topological polar surface area (TPSA) is 66.1 Å². The van der Waals surface area contributed by atoms with Crippen molar-refractivity contribution >= 4 is 11.7 Å². The predicted octanol–water partition coefficient (Wildman–Crippen LogP) is 4.36. The van der Waals surface area contributed by atoms with Gasteiger partial charge in [-0.2, -0.15) is 18.3 Å². The highest BCUT2D eigenvalue weighted by Crippen LogP contribution is 2.29. The van der Waals surface area contributed by atoms with Crippen LogP contribution in [0.5, 0.6) is 0 Å². The Labute approximate surface area is 165 Å². The Morgan fingerprint density at radius 1 is 1.21 bits per heavy atom. The van der Waals surface area contributed by atoms with Crippen molar-refractivity contribution in [2.75, 3.05) is 6.54 Å². The Bertz CT molecular complexity index is 869. The van der Waals surface area contributed by atoms with Crippen molar-refractivity contribution in [3.05, 3.63) is 53.1 Å². The van der Waals surface area contributed by atoms with E-state index in [1.807, 2.05) is 5.10 Å². The summed E-state index contributed by atoms with van der Waals surface area (Å²) in [6.45, 7) is 0.158. The third kappa shape index (κ3) is 5.42. The van der Waals surface area contributed by atoms with E-state index in [4.69, 9.17) is 0 Å². The van der Waals surface area contributed by atoms with Crippen LogP contribution in [0.15, 0.2) is 30.3 Å². The average molecular weight is 411 g/mol. The average Bonchev–Trinajstić information content (AvgIpc) is 3.18. The smallest absolute Gasteiger partial charge is 0.333 e. The first-order chi connectivity index (χ1) is 13.7. The zero-order chi connectivity index (χ0) is 21.0. The van der Waals surface area contributed by atoms with Crippen LogP contribution in [0.3, 0.4) is 0 Å². The number of carbonyl (C=O) groups excluding carboxylic acids is 2. The number of H-pyrrole nitrogens is 1. The van der Waals surface area contributed by atoms with Crippen LogP contribution in [0.25, 0.3) is 0 Å². The maximum absolute atomic E-state index is 14.1. The van der Waals surface area contributed by atoms with Gasteiger partial charge in [-0.1, -0.05) is 18.2 Å². The Kier molecular flexibility index (Phi) is 6.34. The van der Waals surface area contributed by atoms with Crippen LogP contribution < -0.4 is 0 Å².